The number of rotatable bonds is 3. The molecule has 3 N–H and O–H groups in total. The number of nitrogens with one attached hydrogen (secondary N) is 3. The lowest BCUT2D eigenvalue weighted by Crippen LogP contribution is -2.46. The van der Waals surface area contributed by atoms with E-state index in [-0.39, 0.29) is 5.75 Å². The second-order valence-corrected chi connectivity index (χ2v) is 6.84. The number of halogens is 3. The molecule has 0 bridgehead atoms. The second-order valence-electron chi connectivity index (χ2n) is 5.74. The van der Waals surface area contributed by atoms with Crippen molar-refractivity contribution in [3.8, 4) is 5.75 Å². The Hall–Kier alpha value is -1.65. The predicted molar refractivity (Wildman–Crippen MR) is 96.0 cm³/mol. The van der Waals surface area contributed by atoms with Crippen LogP contribution in [0.4, 0.5) is 23.7 Å². The molecule has 2 fully saturated rings. The number of nitrogens with zero attached hydrogens (tertiary/aromatic N) is 1. The smallest absolute Gasteiger partial charge is 0.406 e. The Kier molecular flexibility index (Phi) is 8.33. The number of carbonyl (C=O) groups excluding carboxylic acids is 1. The third-order valence-electron chi connectivity index (χ3n) is 3.59. The number of hydrogen-bond acceptors (Lipinski definition) is 5. The van der Waals surface area contributed by atoms with Crippen LogP contribution in [0.3, 0.4) is 0 Å². The fraction of sp³-hybridized carbons (Fsp3) is 0.562. The average molecular weight is 392 g/mol. The van der Waals surface area contributed by atoms with E-state index >= 15 is 0 Å². The second kappa shape index (κ2) is 10.5. The van der Waals surface area contributed by atoms with Gasteiger partial charge in [-0.2, -0.15) is 0 Å². The van der Waals surface area contributed by atoms with Gasteiger partial charge in [0.25, 0.3) is 0 Å². The molecule has 0 atom stereocenters. The zero-order valence-electron chi connectivity index (χ0n) is 14.3. The maximum Gasteiger partial charge on any atom is 0.573 e. The first-order chi connectivity index (χ1) is 12.4. The lowest BCUT2D eigenvalue weighted by molar-refractivity contribution is -0.274. The highest BCUT2D eigenvalue weighted by Crippen LogP contribution is 2.23. The summed E-state index contributed by atoms with van der Waals surface area (Å²) in [6, 6.07) is 4.56. The number of hydrazine groups is 1. The Morgan fingerprint density at radius 3 is 2.35 bits per heavy atom. The van der Waals surface area contributed by atoms with E-state index < -0.39 is 12.4 Å². The number of thioether (sulfide) groups is 1. The fourth-order valence-corrected chi connectivity index (χ4v) is 3.13. The largest absolute Gasteiger partial charge is 0.573 e. The zero-order valence-corrected chi connectivity index (χ0v) is 15.1. The minimum absolute atomic E-state index is 0.329. The van der Waals surface area contributed by atoms with E-state index in [0.29, 0.717) is 5.69 Å². The van der Waals surface area contributed by atoms with Crippen LogP contribution < -0.4 is 20.8 Å². The summed E-state index contributed by atoms with van der Waals surface area (Å²) in [5.74, 6) is 2.14. The van der Waals surface area contributed by atoms with Crippen LogP contribution in [0, 0.1) is 0 Å². The summed E-state index contributed by atoms with van der Waals surface area (Å²) in [5.41, 5.74) is 3.08. The quantitative estimate of drug-likeness (QED) is 0.736. The van der Waals surface area contributed by atoms with Gasteiger partial charge in [-0.25, -0.2) is 9.80 Å². The highest BCUT2D eigenvalue weighted by Gasteiger charge is 2.30. The van der Waals surface area contributed by atoms with Gasteiger partial charge >= 0.3 is 12.4 Å². The summed E-state index contributed by atoms with van der Waals surface area (Å²) < 4.78 is 39.8. The van der Waals surface area contributed by atoms with Crippen LogP contribution in [0.15, 0.2) is 24.3 Å². The normalized spacial score (nSPS) is 17.8. The minimum Gasteiger partial charge on any atom is -0.406 e. The Morgan fingerprint density at radius 1 is 1.15 bits per heavy atom. The van der Waals surface area contributed by atoms with Gasteiger partial charge in [0, 0.05) is 37.0 Å². The molecule has 1 aromatic rings. The van der Waals surface area contributed by atoms with Crippen LogP contribution in [0.5, 0.6) is 5.75 Å². The molecular weight excluding hydrogens is 369 g/mol. The van der Waals surface area contributed by atoms with Crippen molar-refractivity contribution in [1.82, 2.24) is 15.8 Å². The number of benzene rings is 1. The van der Waals surface area contributed by atoms with Gasteiger partial charge in [-0.1, -0.05) is 6.42 Å². The molecule has 0 spiro atoms. The van der Waals surface area contributed by atoms with Gasteiger partial charge in [-0.15, -0.1) is 24.9 Å². The molecule has 10 heteroatoms. The van der Waals surface area contributed by atoms with Crippen LogP contribution in [0.1, 0.15) is 19.3 Å². The average Bonchev–Trinajstić information content (AvgIpc) is 3.16. The number of amides is 2. The maximum absolute atomic E-state index is 12.0. The highest BCUT2D eigenvalue weighted by molar-refractivity contribution is 7.99. The Morgan fingerprint density at radius 2 is 1.85 bits per heavy atom. The first-order valence-electron chi connectivity index (χ1n) is 8.39. The first kappa shape index (κ1) is 20.7. The van der Waals surface area contributed by atoms with Crippen LogP contribution in [0.25, 0.3) is 0 Å². The molecule has 0 unspecified atom stereocenters. The van der Waals surface area contributed by atoms with Gasteiger partial charge in [-0.05, 0) is 37.1 Å². The number of carbonyl (C=O) groups is 1. The summed E-state index contributed by atoms with van der Waals surface area (Å²) >= 11 is 1.96. The van der Waals surface area contributed by atoms with E-state index in [0.717, 1.165) is 44.5 Å². The van der Waals surface area contributed by atoms with E-state index in [1.54, 1.807) is 0 Å². The van der Waals surface area contributed by atoms with Gasteiger partial charge in [0.2, 0.25) is 0 Å². The molecule has 0 radical (unpaired) electrons. The summed E-state index contributed by atoms with van der Waals surface area (Å²) in [7, 11) is 0. The standard InChI is InChI=1S/C13H16F3N3O2.C3H7NS/c14-13(15,16)21-11-6-4-10(5-7-11)17-12(20)18-19-8-2-1-3-9-19;1-2-5-3-4-1/h4-7H,1-3,8-9H2,(H2,17,18,20);4H,1-3H2. The monoisotopic (exact) mass is 392 g/mol. The van der Waals surface area contributed by atoms with Crippen molar-refractivity contribution in [2.75, 3.05) is 36.6 Å². The van der Waals surface area contributed by atoms with Crippen LogP contribution in [-0.2, 0) is 0 Å². The highest BCUT2D eigenvalue weighted by atomic mass is 32.2. The van der Waals surface area contributed by atoms with Gasteiger partial charge in [-0.3, -0.25) is 5.43 Å². The van der Waals surface area contributed by atoms with Crippen molar-refractivity contribution in [3.05, 3.63) is 24.3 Å². The zero-order chi connectivity index (χ0) is 18.8. The molecule has 2 aliphatic heterocycles. The third-order valence-corrected chi connectivity index (χ3v) is 4.49. The molecule has 2 aliphatic rings. The molecule has 146 valence electrons. The Bertz CT molecular complexity index is 540. The van der Waals surface area contributed by atoms with Gasteiger partial charge in [0.15, 0.2) is 0 Å². The molecule has 2 saturated heterocycles. The topological polar surface area (TPSA) is 65.6 Å². The van der Waals surface area contributed by atoms with Crippen molar-refractivity contribution in [3.63, 3.8) is 0 Å². The molecule has 0 aromatic heterocycles. The number of ether oxygens (including phenoxy) is 1. The SMILES string of the molecule is C1CSCN1.O=C(Nc1ccc(OC(F)(F)F)cc1)NN1CCCCC1. The van der Waals surface area contributed by atoms with E-state index in [1.165, 1.54) is 30.3 Å². The number of anilines is 1. The number of urea groups is 1. The summed E-state index contributed by atoms with van der Waals surface area (Å²) in [6.45, 7) is 2.81. The number of alkyl halides is 3. The van der Waals surface area contributed by atoms with E-state index in [2.05, 4.69) is 20.8 Å². The van der Waals surface area contributed by atoms with Crippen molar-refractivity contribution in [1.29, 1.82) is 0 Å². The maximum atomic E-state index is 12.0. The molecule has 2 amide bonds. The number of piperidine rings is 1. The fourth-order valence-electron chi connectivity index (χ4n) is 2.41. The van der Waals surface area contributed by atoms with Crippen molar-refractivity contribution in [2.24, 2.45) is 0 Å². The molecule has 2 heterocycles. The van der Waals surface area contributed by atoms with Crippen molar-refractivity contribution in [2.45, 2.75) is 25.6 Å². The lowest BCUT2D eigenvalue weighted by Gasteiger charge is -2.26. The molecule has 3 rings (SSSR count). The van der Waals surface area contributed by atoms with E-state index in [4.69, 9.17) is 0 Å². The van der Waals surface area contributed by atoms with Gasteiger partial charge in [0.1, 0.15) is 5.75 Å². The Labute approximate surface area is 154 Å². The van der Waals surface area contributed by atoms with Crippen LogP contribution in [0.2, 0.25) is 0 Å². The number of hydrogen-bond donors (Lipinski definition) is 3. The lowest BCUT2D eigenvalue weighted by atomic mass is 10.2. The Balaban J connectivity index is 0.000000417. The minimum atomic E-state index is -4.72. The predicted octanol–water partition coefficient (Wildman–Crippen LogP) is 3.39. The summed E-state index contributed by atoms with van der Waals surface area (Å²) in [4.78, 5) is 11.7. The van der Waals surface area contributed by atoms with Crippen molar-refractivity contribution >= 4 is 23.5 Å². The molecule has 1 aromatic carbocycles. The molecule has 0 saturated carbocycles. The van der Waals surface area contributed by atoms with Gasteiger partial charge < -0.3 is 15.4 Å². The molecular formula is C16H23F3N4O2S. The summed E-state index contributed by atoms with van der Waals surface area (Å²) in [6.07, 6.45) is -1.51. The van der Waals surface area contributed by atoms with E-state index in [1.807, 2.05) is 16.8 Å². The van der Waals surface area contributed by atoms with Crippen LogP contribution in [-0.4, -0.2) is 48.7 Å². The van der Waals surface area contributed by atoms with Crippen molar-refractivity contribution < 1.29 is 22.7 Å². The summed E-state index contributed by atoms with van der Waals surface area (Å²) in [5, 5.41) is 7.56. The first-order valence-corrected chi connectivity index (χ1v) is 9.55. The molecule has 0 aliphatic carbocycles. The third kappa shape index (κ3) is 8.63. The van der Waals surface area contributed by atoms with Crippen LogP contribution >= 0.6 is 11.8 Å². The van der Waals surface area contributed by atoms with E-state index in [9.17, 15) is 18.0 Å². The molecule has 26 heavy (non-hydrogen) atoms. The molecule has 6 nitrogen and oxygen atoms in total. The van der Waals surface area contributed by atoms with Gasteiger partial charge in [0.05, 0.1) is 0 Å².